The fraction of sp³-hybridized carbons (Fsp3) is 0.250. The molecule has 6 nitrogen and oxygen atoms in total. The Morgan fingerprint density at radius 3 is 2.26 bits per heavy atom. The number of fused-ring (bicyclic) bond motifs is 1. The molecule has 1 heterocycles. The van der Waals surface area contributed by atoms with Crippen molar-refractivity contribution in [2.45, 2.75) is 13.0 Å². The summed E-state index contributed by atoms with van der Waals surface area (Å²) < 4.78 is 10.7. The van der Waals surface area contributed by atoms with Crippen LogP contribution in [0.15, 0.2) is 48.5 Å². The van der Waals surface area contributed by atoms with E-state index >= 15 is 0 Å². The van der Waals surface area contributed by atoms with Gasteiger partial charge in [0.15, 0.2) is 11.0 Å². The number of aryl methyl sites for hydroxylation is 1. The maximum atomic E-state index is 12.4. The second-order valence-corrected chi connectivity index (χ2v) is 7.03. The van der Waals surface area contributed by atoms with Crippen molar-refractivity contribution in [2.75, 3.05) is 19.5 Å². The number of ether oxygens (including phenoxy) is 2. The molecule has 0 aliphatic carbocycles. The van der Waals surface area contributed by atoms with Gasteiger partial charge in [0, 0.05) is 0 Å². The van der Waals surface area contributed by atoms with Crippen LogP contribution in [0, 0.1) is 12.8 Å². The molecule has 140 valence electrons. The predicted octanol–water partition coefficient (Wildman–Crippen LogP) is 3.72. The van der Waals surface area contributed by atoms with Gasteiger partial charge in [-0.1, -0.05) is 53.8 Å². The van der Waals surface area contributed by atoms with Crippen molar-refractivity contribution in [3.63, 3.8) is 0 Å². The lowest BCUT2D eigenvalue weighted by molar-refractivity contribution is -0.159. The minimum absolute atomic E-state index is 0.617. The van der Waals surface area contributed by atoms with E-state index < -0.39 is 23.9 Å². The van der Waals surface area contributed by atoms with E-state index in [0.29, 0.717) is 5.13 Å². The summed E-state index contributed by atoms with van der Waals surface area (Å²) in [5, 5.41) is 3.86. The van der Waals surface area contributed by atoms with Gasteiger partial charge in [0.2, 0.25) is 0 Å². The summed E-state index contributed by atoms with van der Waals surface area (Å²) in [6.45, 7) is 1.99. The molecule has 3 aromatic rings. The maximum absolute atomic E-state index is 12.4. The zero-order valence-corrected chi connectivity index (χ0v) is 16.1. The Bertz CT molecular complexity index is 939. The minimum Gasteiger partial charge on any atom is -0.468 e. The normalized spacial score (nSPS) is 12.0. The van der Waals surface area contributed by atoms with E-state index in [2.05, 4.69) is 10.3 Å². The topological polar surface area (TPSA) is 77.5 Å². The first kappa shape index (κ1) is 18.8. The van der Waals surface area contributed by atoms with Gasteiger partial charge >= 0.3 is 11.9 Å². The highest BCUT2D eigenvalue weighted by atomic mass is 32.1. The van der Waals surface area contributed by atoms with Gasteiger partial charge in [-0.15, -0.1) is 0 Å². The summed E-state index contributed by atoms with van der Waals surface area (Å²) >= 11 is 1.46. The summed E-state index contributed by atoms with van der Waals surface area (Å²) in [6, 6.07) is 14.5. The van der Waals surface area contributed by atoms with Gasteiger partial charge in [-0.25, -0.2) is 4.98 Å². The third kappa shape index (κ3) is 3.93. The number of nitrogens with one attached hydrogen (secondary N) is 1. The van der Waals surface area contributed by atoms with E-state index in [1.807, 2.05) is 55.5 Å². The number of rotatable bonds is 6. The van der Waals surface area contributed by atoms with Crippen LogP contribution in [0.25, 0.3) is 10.2 Å². The number of hydrogen-bond donors (Lipinski definition) is 1. The number of thiazole rings is 1. The third-order valence-corrected chi connectivity index (χ3v) is 5.25. The van der Waals surface area contributed by atoms with Crippen molar-refractivity contribution in [3.05, 3.63) is 59.7 Å². The predicted molar refractivity (Wildman–Crippen MR) is 105 cm³/mol. The number of hydrogen-bond acceptors (Lipinski definition) is 7. The molecule has 0 radical (unpaired) electrons. The van der Waals surface area contributed by atoms with Crippen molar-refractivity contribution in [1.82, 2.24) is 4.98 Å². The van der Waals surface area contributed by atoms with E-state index in [4.69, 9.17) is 9.47 Å². The molecule has 0 spiro atoms. The summed E-state index contributed by atoms with van der Waals surface area (Å²) in [4.78, 5) is 29.4. The summed E-state index contributed by atoms with van der Waals surface area (Å²) in [6.07, 6.45) is 0. The number of para-hydroxylation sites is 1. The maximum Gasteiger partial charge on any atom is 0.322 e. The highest BCUT2D eigenvalue weighted by Crippen LogP contribution is 2.34. The number of nitrogens with zero attached hydrogens (tertiary/aromatic N) is 1. The number of methoxy groups -OCH3 is 2. The second-order valence-electron chi connectivity index (χ2n) is 6.00. The van der Waals surface area contributed by atoms with Crippen LogP contribution in [0.3, 0.4) is 0 Å². The van der Waals surface area contributed by atoms with Crippen LogP contribution >= 0.6 is 11.3 Å². The van der Waals surface area contributed by atoms with Crippen LogP contribution in [0.5, 0.6) is 0 Å². The Morgan fingerprint density at radius 2 is 1.67 bits per heavy atom. The average molecular weight is 384 g/mol. The van der Waals surface area contributed by atoms with Crippen LogP contribution in [-0.2, 0) is 19.1 Å². The summed E-state index contributed by atoms with van der Waals surface area (Å²) in [5.74, 6) is -2.49. The highest BCUT2D eigenvalue weighted by molar-refractivity contribution is 7.22. The molecule has 1 unspecified atom stereocenters. The molecular formula is C20H20N2O4S. The van der Waals surface area contributed by atoms with Crippen LogP contribution < -0.4 is 5.32 Å². The minimum atomic E-state index is -1.16. The fourth-order valence-electron chi connectivity index (χ4n) is 2.92. The number of benzene rings is 2. The van der Waals surface area contributed by atoms with Crippen molar-refractivity contribution in [2.24, 2.45) is 5.92 Å². The molecule has 3 rings (SSSR count). The third-order valence-electron chi connectivity index (χ3n) is 4.30. The fourth-order valence-corrected chi connectivity index (χ4v) is 3.90. The molecule has 0 bridgehead atoms. The van der Waals surface area contributed by atoms with Crippen molar-refractivity contribution in [1.29, 1.82) is 0 Å². The molecule has 0 saturated heterocycles. The molecule has 1 atom stereocenters. The lowest BCUT2D eigenvalue weighted by Crippen LogP contribution is -2.35. The molecule has 0 aliphatic heterocycles. The number of carbonyl (C=O) groups excluding carboxylic acids is 2. The van der Waals surface area contributed by atoms with Crippen LogP contribution in [0.1, 0.15) is 17.2 Å². The van der Waals surface area contributed by atoms with Gasteiger partial charge in [-0.3, -0.25) is 9.59 Å². The Morgan fingerprint density at radius 1 is 1.00 bits per heavy atom. The first-order chi connectivity index (χ1) is 13.0. The number of carbonyl (C=O) groups is 2. The Kier molecular flexibility index (Phi) is 5.71. The van der Waals surface area contributed by atoms with Crippen molar-refractivity contribution >= 4 is 38.6 Å². The van der Waals surface area contributed by atoms with Crippen LogP contribution in [-0.4, -0.2) is 31.1 Å². The lowest BCUT2D eigenvalue weighted by atomic mass is 9.93. The molecule has 2 aromatic carbocycles. The zero-order chi connectivity index (χ0) is 19.4. The number of aromatic nitrogens is 1. The molecule has 0 saturated carbocycles. The van der Waals surface area contributed by atoms with Gasteiger partial charge in [0.25, 0.3) is 0 Å². The SMILES string of the molecule is COC(=O)C(C(=O)OC)C(Nc1nc2c(C)cccc2s1)c1ccccc1. The summed E-state index contributed by atoms with van der Waals surface area (Å²) in [5.41, 5.74) is 2.71. The number of anilines is 1. The molecule has 0 amide bonds. The van der Waals surface area contributed by atoms with E-state index in [1.165, 1.54) is 25.6 Å². The largest absolute Gasteiger partial charge is 0.468 e. The molecule has 1 N–H and O–H groups in total. The quantitative estimate of drug-likeness (QED) is 0.516. The van der Waals surface area contributed by atoms with E-state index in [1.54, 1.807) is 0 Å². The first-order valence-electron chi connectivity index (χ1n) is 8.38. The van der Waals surface area contributed by atoms with Gasteiger partial charge in [-0.05, 0) is 24.1 Å². The van der Waals surface area contributed by atoms with Gasteiger partial charge < -0.3 is 14.8 Å². The van der Waals surface area contributed by atoms with Crippen LogP contribution in [0.2, 0.25) is 0 Å². The average Bonchev–Trinajstić information content (AvgIpc) is 3.11. The van der Waals surface area contributed by atoms with Gasteiger partial charge in [0.05, 0.1) is 30.5 Å². The zero-order valence-electron chi connectivity index (χ0n) is 15.3. The second kappa shape index (κ2) is 8.18. The van der Waals surface area contributed by atoms with E-state index in [0.717, 1.165) is 21.3 Å². The molecular weight excluding hydrogens is 364 g/mol. The molecule has 1 aromatic heterocycles. The Labute approximate surface area is 161 Å². The molecule has 7 heteroatoms. The van der Waals surface area contributed by atoms with E-state index in [9.17, 15) is 9.59 Å². The highest BCUT2D eigenvalue weighted by Gasteiger charge is 2.38. The number of esters is 2. The van der Waals surface area contributed by atoms with Gasteiger partial charge in [-0.2, -0.15) is 0 Å². The molecule has 0 aliphatic rings. The van der Waals surface area contributed by atoms with Gasteiger partial charge in [0.1, 0.15) is 0 Å². The standard InChI is InChI=1S/C20H20N2O4S/c1-12-8-7-11-14-16(12)21-20(27-14)22-17(13-9-5-4-6-10-13)15(18(23)25-2)19(24)26-3/h4-11,15,17H,1-3H3,(H,21,22). The summed E-state index contributed by atoms with van der Waals surface area (Å²) in [7, 11) is 2.50. The van der Waals surface area contributed by atoms with Crippen molar-refractivity contribution in [3.8, 4) is 0 Å². The Hall–Kier alpha value is -2.93. The van der Waals surface area contributed by atoms with E-state index in [-0.39, 0.29) is 0 Å². The Balaban J connectivity index is 2.04. The first-order valence-corrected chi connectivity index (χ1v) is 9.20. The molecule has 0 fully saturated rings. The molecule has 27 heavy (non-hydrogen) atoms. The van der Waals surface area contributed by atoms with Crippen molar-refractivity contribution < 1.29 is 19.1 Å². The lowest BCUT2D eigenvalue weighted by Gasteiger charge is -2.24. The van der Waals surface area contributed by atoms with Crippen LogP contribution in [0.4, 0.5) is 5.13 Å². The monoisotopic (exact) mass is 384 g/mol. The smallest absolute Gasteiger partial charge is 0.322 e.